The Morgan fingerprint density at radius 3 is 2.60 bits per heavy atom. The molecule has 3 heteroatoms. The highest BCUT2D eigenvalue weighted by atomic mass is 16.5. The summed E-state index contributed by atoms with van der Waals surface area (Å²) in [5.41, 5.74) is 6.66. The molecule has 0 fully saturated rings. The van der Waals surface area contributed by atoms with E-state index in [0.717, 1.165) is 11.3 Å². The van der Waals surface area contributed by atoms with E-state index >= 15 is 0 Å². The molecule has 1 aromatic rings. The molecular weight excluding hydrogens is 190 g/mol. The van der Waals surface area contributed by atoms with Gasteiger partial charge in [-0.15, -0.1) is 0 Å². The maximum atomic E-state index is 8.72. The van der Waals surface area contributed by atoms with Gasteiger partial charge in [-0.25, -0.2) is 0 Å². The number of hydrogen-bond acceptors (Lipinski definition) is 3. The summed E-state index contributed by atoms with van der Waals surface area (Å²) in [5, 5.41) is 8.72. The third-order valence-corrected chi connectivity index (χ3v) is 2.10. The van der Waals surface area contributed by atoms with E-state index < -0.39 is 0 Å². The van der Waals surface area contributed by atoms with Crippen LogP contribution in [0.5, 0.6) is 5.75 Å². The van der Waals surface area contributed by atoms with E-state index in [9.17, 15) is 0 Å². The molecule has 0 bridgehead atoms. The monoisotopic (exact) mass is 207 g/mol. The van der Waals surface area contributed by atoms with Crippen molar-refractivity contribution in [2.24, 2.45) is 5.73 Å². The van der Waals surface area contributed by atoms with Gasteiger partial charge >= 0.3 is 0 Å². The highest BCUT2D eigenvalue weighted by Crippen LogP contribution is 2.12. The maximum Gasteiger partial charge on any atom is 0.118 e. The van der Waals surface area contributed by atoms with Crippen molar-refractivity contribution in [3.8, 4) is 5.75 Å². The Morgan fingerprint density at radius 1 is 1.40 bits per heavy atom. The van der Waals surface area contributed by atoms with Crippen molar-refractivity contribution in [1.29, 1.82) is 0 Å². The first-order valence-corrected chi connectivity index (χ1v) is 4.93. The highest BCUT2D eigenvalue weighted by molar-refractivity contribution is 5.50. The molecule has 3 N–H and O–H groups in total. The molecule has 0 saturated carbocycles. The first kappa shape index (κ1) is 11.8. The van der Waals surface area contributed by atoms with Crippen LogP contribution in [-0.4, -0.2) is 24.9 Å². The first-order chi connectivity index (χ1) is 7.26. The lowest BCUT2D eigenvalue weighted by Crippen LogP contribution is -2.22. The fourth-order valence-electron chi connectivity index (χ4n) is 1.17. The second-order valence-corrected chi connectivity index (χ2v) is 3.35. The lowest BCUT2D eigenvalue weighted by molar-refractivity contribution is 0.267. The Kier molecular flexibility index (Phi) is 4.87. The molecule has 1 unspecified atom stereocenters. The summed E-state index contributed by atoms with van der Waals surface area (Å²) >= 11 is 0. The topological polar surface area (TPSA) is 55.5 Å². The number of aliphatic hydroxyl groups is 1. The molecule has 82 valence electrons. The molecule has 1 rings (SSSR count). The Bertz CT molecular complexity index is 306. The van der Waals surface area contributed by atoms with Crippen molar-refractivity contribution in [1.82, 2.24) is 0 Å². The van der Waals surface area contributed by atoms with Gasteiger partial charge in [0.05, 0.1) is 13.7 Å². The smallest absolute Gasteiger partial charge is 0.118 e. The van der Waals surface area contributed by atoms with Gasteiger partial charge in [0.25, 0.3) is 0 Å². The first-order valence-electron chi connectivity index (χ1n) is 4.93. The summed E-state index contributed by atoms with van der Waals surface area (Å²) in [5.74, 6) is 0.846. The minimum Gasteiger partial charge on any atom is -0.497 e. The normalized spacial score (nSPS) is 13.0. The standard InChI is InChI=1S/C12H17NO2/c1-15-12-7-5-10(6-8-12)3-2-4-11(13)9-14/h2-3,5-8,11,14H,4,9,13H2,1H3/b3-2+. The predicted molar refractivity (Wildman–Crippen MR) is 61.7 cm³/mol. The van der Waals surface area contributed by atoms with Gasteiger partial charge in [-0.3, -0.25) is 0 Å². The molecule has 0 aliphatic rings. The number of aliphatic hydroxyl groups excluding tert-OH is 1. The zero-order chi connectivity index (χ0) is 11.1. The molecule has 0 aliphatic carbocycles. The second kappa shape index (κ2) is 6.22. The van der Waals surface area contributed by atoms with Gasteiger partial charge in [0.15, 0.2) is 0 Å². The number of benzene rings is 1. The molecule has 15 heavy (non-hydrogen) atoms. The van der Waals surface area contributed by atoms with Gasteiger partial charge in [-0.1, -0.05) is 24.3 Å². The van der Waals surface area contributed by atoms with Crippen molar-refractivity contribution in [2.75, 3.05) is 13.7 Å². The maximum absolute atomic E-state index is 8.72. The quantitative estimate of drug-likeness (QED) is 0.767. The van der Waals surface area contributed by atoms with Crippen molar-refractivity contribution in [3.63, 3.8) is 0 Å². The van der Waals surface area contributed by atoms with Crippen LogP contribution in [-0.2, 0) is 0 Å². The molecule has 0 radical (unpaired) electrons. The molecule has 0 spiro atoms. The molecular formula is C12H17NO2. The predicted octanol–water partition coefficient (Wildman–Crippen LogP) is 1.42. The Hall–Kier alpha value is -1.32. The van der Waals surface area contributed by atoms with Crippen LogP contribution in [0, 0.1) is 0 Å². The summed E-state index contributed by atoms with van der Waals surface area (Å²) in [6, 6.07) is 7.59. The minimum absolute atomic E-state index is 0.0208. The van der Waals surface area contributed by atoms with Gasteiger partial charge < -0.3 is 15.6 Å². The number of nitrogens with two attached hydrogens (primary N) is 1. The number of ether oxygens (including phenoxy) is 1. The largest absolute Gasteiger partial charge is 0.497 e. The summed E-state index contributed by atoms with van der Waals surface area (Å²) in [7, 11) is 1.64. The van der Waals surface area contributed by atoms with E-state index in [4.69, 9.17) is 15.6 Å². The summed E-state index contributed by atoms with van der Waals surface area (Å²) < 4.78 is 5.05. The van der Waals surface area contributed by atoms with E-state index in [1.54, 1.807) is 7.11 Å². The Balaban J connectivity index is 2.49. The fraction of sp³-hybridized carbons (Fsp3) is 0.333. The van der Waals surface area contributed by atoms with Crippen LogP contribution in [0.1, 0.15) is 12.0 Å². The van der Waals surface area contributed by atoms with E-state index in [0.29, 0.717) is 6.42 Å². The van der Waals surface area contributed by atoms with E-state index in [1.807, 2.05) is 36.4 Å². The van der Waals surface area contributed by atoms with Crippen molar-refractivity contribution in [3.05, 3.63) is 35.9 Å². The van der Waals surface area contributed by atoms with Crippen molar-refractivity contribution < 1.29 is 9.84 Å². The van der Waals surface area contributed by atoms with Crippen LogP contribution < -0.4 is 10.5 Å². The molecule has 0 saturated heterocycles. The Morgan fingerprint density at radius 2 is 2.07 bits per heavy atom. The summed E-state index contributed by atoms with van der Waals surface area (Å²) in [6.45, 7) is 0.0208. The third-order valence-electron chi connectivity index (χ3n) is 2.10. The summed E-state index contributed by atoms with van der Waals surface area (Å²) in [4.78, 5) is 0. The Labute approximate surface area is 90.2 Å². The molecule has 0 amide bonds. The SMILES string of the molecule is COc1ccc(/C=C/CC(N)CO)cc1. The van der Waals surface area contributed by atoms with Crippen LogP contribution in [0.2, 0.25) is 0 Å². The fourth-order valence-corrected chi connectivity index (χ4v) is 1.17. The zero-order valence-electron chi connectivity index (χ0n) is 8.89. The van der Waals surface area contributed by atoms with Gasteiger partial charge in [0.1, 0.15) is 5.75 Å². The van der Waals surface area contributed by atoms with Crippen LogP contribution in [0.4, 0.5) is 0 Å². The number of hydrogen-bond donors (Lipinski definition) is 2. The lowest BCUT2D eigenvalue weighted by atomic mass is 10.1. The molecule has 3 nitrogen and oxygen atoms in total. The van der Waals surface area contributed by atoms with Gasteiger partial charge in [-0.2, -0.15) is 0 Å². The minimum atomic E-state index is -0.167. The highest BCUT2D eigenvalue weighted by Gasteiger charge is 1.95. The van der Waals surface area contributed by atoms with Gasteiger partial charge in [0, 0.05) is 6.04 Å². The zero-order valence-corrected chi connectivity index (χ0v) is 8.89. The summed E-state index contributed by atoms with van der Waals surface area (Å²) in [6.07, 6.45) is 4.63. The van der Waals surface area contributed by atoms with E-state index in [2.05, 4.69) is 0 Å². The second-order valence-electron chi connectivity index (χ2n) is 3.35. The molecule has 1 aromatic carbocycles. The van der Waals surface area contributed by atoms with Crippen molar-refractivity contribution in [2.45, 2.75) is 12.5 Å². The van der Waals surface area contributed by atoms with Crippen LogP contribution in [0.25, 0.3) is 6.08 Å². The van der Waals surface area contributed by atoms with E-state index in [1.165, 1.54) is 0 Å². The lowest BCUT2D eigenvalue weighted by Gasteiger charge is -2.02. The van der Waals surface area contributed by atoms with Gasteiger partial charge in [-0.05, 0) is 24.1 Å². The molecule has 0 aromatic heterocycles. The van der Waals surface area contributed by atoms with Crippen LogP contribution in [0.15, 0.2) is 30.3 Å². The average Bonchev–Trinajstić information content (AvgIpc) is 2.29. The molecule has 0 heterocycles. The van der Waals surface area contributed by atoms with Gasteiger partial charge in [0.2, 0.25) is 0 Å². The van der Waals surface area contributed by atoms with Crippen LogP contribution in [0.3, 0.4) is 0 Å². The van der Waals surface area contributed by atoms with E-state index in [-0.39, 0.29) is 12.6 Å². The average molecular weight is 207 g/mol. The third kappa shape index (κ3) is 4.14. The molecule has 0 aliphatic heterocycles. The van der Waals surface area contributed by atoms with Crippen molar-refractivity contribution >= 4 is 6.08 Å². The molecule has 1 atom stereocenters. The number of methoxy groups -OCH3 is 1. The number of rotatable bonds is 5. The van der Waals surface area contributed by atoms with Crippen LogP contribution >= 0.6 is 0 Å².